The van der Waals surface area contributed by atoms with Crippen LogP contribution in [0.25, 0.3) is 11.3 Å². The molecule has 0 radical (unpaired) electrons. The Morgan fingerprint density at radius 2 is 2.12 bits per heavy atom. The van der Waals surface area contributed by atoms with Crippen LogP contribution in [0, 0.1) is 5.92 Å². The third kappa shape index (κ3) is 4.24. The topological polar surface area (TPSA) is 72.7 Å². The number of benzene rings is 1. The number of nitrogens with zero attached hydrogens (tertiary/aromatic N) is 4. The summed E-state index contributed by atoms with van der Waals surface area (Å²) in [7, 11) is 1.73. The fraction of sp³-hybridized carbons (Fsp3) is 0.294. The van der Waals surface area contributed by atoms with Gasteiger partial charge in [0.05, 0.1) is 5.69 Å². The number of rotatable bonds is 5. The number of nitrogens with one attached hydrogen (secondary N) is 1. The molecule has 6 nitrogen and oxygen atoms in total. The molecule has 0 bridgehead atoms. The van der Waals surface area contributed by atoms with Crippen LogP contribution >= 0.6 is 22.9 Å². The largest absolute Gasteiger partial charge is 0.295 e. The van der Waals surface area contributed by atoms with Crippen LogP contribution in [-0.2, 0) is 13.5 Å². The van der Waals surface area contributed by atoms with Gasteiger partial charge in [-0.05, 0) is 24.1 Å². The van der Waals surface area contributed by atoms with E-state index < -0.39 is 0 Å². The van der Waals surface area contributed by atoms with Crippen molar-refractivity contribution < 1.29 is 4.79 Å². The Hall–Kier alpha value is -2.25. The Labute approximate surface area is 154 Å². The van der Waals surface area contributed by atoms with Gasteiger partial charge in [-0.3, -0.25) is 14.8 Å². The highest BCUT2D eigenvalue weighted by atomic mass is 35.5. The molecule has 1 amide bonds. The zero-order chi connectivity index (χ0) is 18.0. The Morgan fingerprint density at radius 3 is 2.84 bits per heavy atom. The third-order valence-corrected chi connectivity index (χ3v) is 4.60. The van der Waals surface area contributed by atoms with Crippen molar-refractivity contribution in [3.05, 3.63) is 46.1 Å². The maximum absolute atomic E-state index is 12.5. The van der Waals surface area contributed by atoms with Crippen LogP contribution in [0.2, 0.25) is 5.02 Å². The van der Waals surface area contributed by atoms with Gasteiger partial charge < -0.3 is 0 Å². The molecule has 0 saturated heterocycles. The van der Waals surface area contributed by atoms with Gasteiger partial charge in [-0.1, -0.05) is 48.9 Å². The minimum atomic E-state index is -0.268. The van der Waals surface area contributed by atoms with Crippen LogP contribution in [-0.4, -0.2) is 25.9 Å². The molecule has 3 aromatic rings. The maximum Gasteiger partial charge on any atom is 0.275 e. The normalized spacial score (nSPS) is 11.1. The minimum Gasteiger partial charge on any atom is -0.295 e. The molecule has 0 aliphatic heterocycles. The van der Waals surface area contributed by atoms with Crippen LogP contribution in [0.1, 0.15) is 29.3 Å². The summed E-state index contributed by atoms with van der Waals surface area (Å²) in [5.74, 6) is 0.226. The summed E-state index contributed by atoms with van der Waals surface area (Å²) in [4.78, 5) is 12.5. The van der Waals surface area contributed by atoms with Gasteiger partial charge in [0.15, 0.2) is 0 Å². The molecule has 3 rings (SSSR count). The van der Waals surface area contributed by atoms with E-state index in [0.717, 1.165) is 17.0 Å². The Bertz CT molecular complexity index is 902. The van der Waals surface area contributed by atoms with E-state index in [4.69, 9.17) is 11.6 Å². The lowest BCUT2D eigenvalue weighted by Gasteiger charge is -2.00. The first-order valence-corrected chi connectivity index (χ1v) is 9.05. The van der Waals surface area contributed by atoms with Gasteiger partial charge in [0.2, 0.25) is 5.13 Å². The van der Waals surface area contributed by atoms with Crippen LogP contribution in [0.15, 0.2) is 30.3 Å². The van der Waals surface area contributed by atoms with E-state index in [9.17, 15) is 4.79 Å². The lowest BCUT2D eigenvalue weighted by atomic mass is 10.1. The van der Waals surface area contributed by atoms with E-state index in [1.54, 1.807) is 23.9 Å². The van der Waals surface area contributed by atoms with Crippen LogP contribution in [0.4, 0.5) is 5.13 Å². The average molecular weight is 376 g/mol. The van der Waals surface area contributed by atoms with Gasteiger partial charge in [-0.2, -0.15) is 5.10 Å². The molecule has 0 aliphatic rings. The number of carbonyl (C=O) groups is 1. The van der Waals surface area contributed by atoms with Crippen molar-refractivity contribution in [1.82, 2.24) is 20.0 Å². The molecule has 2 heterocycles. The van der Waals surface area contributed by atoms with Crippen molar-refractivity contribution in [2.45, 2.75) is 20.3 Å². The molecule has 0 unspecified atom stereocenters. The molecule has 1 N–H and O–H groups in total. The Balaban J connectivity index is 1.77. The highest BCUT2D eigenvalue weighted by molar-refractivity contribution is 7.15. The second-order valence-corrected chi connectivity index (χ2v) is 7.60. The van der Waals surface area contributed by atoms with Crippen molar-refractivity contribution in [2.24, 2.45) is 13.0 Å². The number of aromatic nitrogens is 4. The minimum absolute atomic E-state index is 0.268. The van der Waals surface area contributed by atoms with Crippen LogP contribution in [0.3, 0.4) is 0 Å². The van der Waals surface area contributed by atoms with E-state index in [2.05, 4.69) is 34.5 Å². The van der Waals surface area contributed by atoms with Gasteiger partial charge in [0, 0.05) is 24.1 Å². The van der Waals surface area contributed by atoms with E-state index in [0.29, 0.717) is 27.5 Å². The number of anilines is 1. The Morgan fingerprint density at radius 1 is 1.32 bits per heavy atom. The summed E-state index contributed by atoms with van der Waals surface area (Å²) < 4.78 is 1.54. The van der Waals surface area contributed by atoms with Crippen LogP contribution < -0.4 is 5.32 Å². The molecule has 0 spiro atoms. The first kappa shape index (κ1) is 17.6. The van der Waals surface area contributed by atoms with Gasteiger partial charge in [-0.15, -0.1) is 10.2 Å². The van der Waals surface area contributed by atoms with Crippen molar-refractivity contribution in [1.29, 1.82) is 0 Å². The SMILES string of the molecule is CC(C)Cc1nnc(NC(=O)c2cc(-c3cccc(Cl)c3)nn2C)s1. The average Bonchev–Trinajstić information content (AvgIpc) is 3.13. The van der Waals surface area contributed by atoms with Crippen molar-refractivity contribution in [2.75, 3.05) is 5.32 Å². The lowest BCUT2D eigenvalue weighted by Crippen LogP contribution is -2.15. The first-order valence-electron chi connectivity index (χ1n) is 7.86. The maximum atomic E-state index is 12.5. The molecule has 25 heavy (non-hydrogen) atoms. The number of hydrogen-bond acceptors (Lipinski definition) is 5. The standard InChI is InChI=1S/C17H18ClN5OS/c1-10(2)7-15-20-21-17(25-15)19-16(24)14-9-13(22-23(14)3)11-5-4-6-12(18)8-11/h4-6,8-10H,7H2,1-3H3,(H,19,21,24). The number of hydrogen-bond donors (Lipinski definition) is 1. The van der Waals surface area contributed by atoms with Gasteiger partial charge in [-0.25, -0.2) is 0 Å². The van der Waals surface area contributed by atoms with E-state index in [1.165, 1.54) is 11.3 Å². The first-order chi connectivity index (χ1) is 11.9. The molecule has 8 heteroatoms. The molecular weight excluding hydrogens is 358 g/mol. The number of carbonyl (C=O) groups excluding carboxylic acids is 1. The monoisotopic (exact) mass is 375 g/mol. The zero-order valence-corrected chi connectivity index (χ0v) is 15.7. The molecule has 2 aromatic heterocycles. The highest BCUT2D eigenvalue weighted by Crippen LogP contribution is 2.23. The second-order valence-electron chi connectivity index (χ2n) is 6.10. The smallest absolute Gasteiger partial charge is 0.275 e. The number of aryl methyl sites for hydroxylation is 1. The van der Waals surface area contributed by atoms with Crippen molar-refractivity contribution in [3.63, 3.8) is 0 Å². The van der Waals surface area contributed by atoms with Crippen LogP contribution in [0.5, 0.6) is 0 Å². The predicted octanol–water partition coefficient (Wildman–Crippen LogP) is 4.04. The van der Waals surface area contributed by atoms with E-state index >= 15 is 0 Å². The van der Waals surface area contributed by atoms with Gasteiger partial charge >= 0.3 is 0 Å². The Kier molecular flexibility index (Phi) is 5.15. The fourth-order valence-corrected chi connectivity index (χ4v) is 3.50. The summed E-state index contributed by atoms with van der Waals surface area (Å²) in [6.45, 7) is 4.24. The quantitative estimate of drug-likeness (QED) is 0.730. The summed E-state index contributed by atoms with van der Waals surface area (Å²) in [6.07, 6.45) is 0.845. The molecule has 0 aliphatic carbocycles. The second kappa shape index (κ2) is 7.33. The summed E-state index contributed by atoms with van der Waals surface area (Å²) in [6, 6.07) is 9.10. The highest BCUT2D eigenvalue weighted by Gasteiger charge is 2.16. The summed E-state index contributed by atoms with van der Waals surface area (Å²) in [5.41, 5.74) is 1.99. The molecular formula is C17H18ClN5OS. The van der Waals surface area contributed by atoms with E-state index in [-0.39, 0.29) is 5.91 Å². The number of amides is 1. The zero-order valence-electron chi connectivity index (χ0n) is 14.2. The van der Waals surface area contributed by atoms with Gasteiger partial charge in [0.25, 0.3) is 5.91 Å². The van der Waals surface area contributed by atoms with E-state index in [1.807, 2.05) is 18.2 Å². The molecule has 0 saturated carbocycles. The van der Waals surface area contributed by atoms with Gasteiger partial charge in [0.1, 0.15) is 10.7 Å². The molecule has 0 atom stereocenters. The van der Waals surface area contributed by atoms with Crippen molar-refractivity contribution >= 4 is 34.0 Å². The number of halogens is 1. The van der Waals surface area contributed by atoms with Crippen molar-refractivity contribution in [3.8, 4) is 11.3 Å². The third-order valence-electron chi connectivity index (χ3n) is 3.50. The predicted molar refractivity (Wildman–Crippen MR) is 100 cm³/mol. The molecule has 130 valence electrons. The summed E-state index contributed by atoms with van der Waals surface area (Å²) in [5, 5.41) is 17.3. The summed E-state index contributed by atoms with van der Waals surface area (Å²) >= 11 is 7.42. The molecule has 1 aromatic carbocycles. The molecule has 0 fully saturated rings. The lowest BCUT2D eigenvalue weighted by molar-refractivity contribution is 0.101. The fourth-order valence-electron chi connectivity index (χ4n) is 2.37.